The summed E-state index contributed by atoms with van der Waals surface area (Å²) in [5.41, 5.74) is 2.25. The van der Waals surface area contributed by atoms with Crippen molar-refractivity contribution in [2.75, 3.05) is 6.54 Å². The third-order valence-corrected chi connectivity index (χ3v) is 5.51. The smallest absolute Gasteiger partial charge is 0.266 e. The van der Waals surface area contributed by atoms with Crippen LogP contribution < -0.4 is 0 Å². The number of hydrogen-bond donors (Lipinski definition) is 0. The van der Waals surface area contributed by atoms with Crippen LogP contribution in [0.4, 0.5) is 0 Å². The van der Waals surface area contributed by atoms with Gasteiger partial charge in [0.25, 0.3) is 5.91 Å². The first kappa shape index (κ1) is 16.1. The molecule has 23 heavy (non-hydrogen) atoms. The molecule has 1 atom stereocenters. The van der Waals surface area contributed by atoms with Gasteiger partial charge in [-0.2, -0.15) is 0 Å². The highest BCUT2D eigenvalue weighted by molar-refractivity contribution is 7.13. The number of rotatable bonds is 2. The van der Waals surface area contributed by atoms with E-state index in [0.717, 1.165) is 52.2 Å². The van der Waals surface area contributed by atoms with Crippen molar-refractivity contribution in [3.63, 3.8) is 0 Å². The molecule has 0 bridgehead atoms. The van der Waals surface area contributed by atoms with Gasteiger partial charge in [0.05, 0.1) is 10.7 Å². The molecule has 3 rings (SSSR count). The number of amides is 1. The molecule has 6 heteroatoms. The highest BCUT2D eigenvalue weighted by atomic mass is 32.1. The number of hydrogen-bond acceptors (Lipinski definition) is 5. The summed E-state index contributed by atoms with van der Waals surface area (Å²) in [7, 11) is 0. The average molecular weight is 330 g/mol. The lowest BCUT2D eigenvalue weighted by molar-refractivity contribution is 0.0607. The second kappa shape index (κ2) is 5.67. The minimum Gasteiger partial charge on any atom is -0.325 e. The van der Waals surface area contributed by atoms with Crippen molar-refractivity contribution >= 4 is 17.2 Å². The van der Waals surface area contributed by atoms with Crippen LogP contribution in [0.1, 0.15) is 57.4 Å². The summed E-state index contributed by atoms with van der Waals surface area (Å²) in [5.74, 6) is 0.801. The molecule has 0 saturated carbocycles. The number of likely N-dealkylation sites (tertiary alicyclic amines) is 1. The Labute approximate surface area is 140 Å². The quantitative estimate of drug-likeness (QED) is 0.847. The maximum absolute atomic E-state index is 13.1. The van der Waals surface area contributed by atoms with Crippen LogP contribution in [0.3, 0.4) is 0 Å². The predicted molar refractivity (Wildman–Crippen MR) is 90.7 cm³/mol. The first-order chi connectivity index (χ1) is 10.8. The lowest BCUT2D eigenvalue weighted by Crippen LogP contribution is -2.44. The van der Waals surface area contributed by atoms with Gasteiger partial charge < -0.3 is 4.90 Å². The maximum Gasteiger partial charge on any atom is 0.266 e. The summed E-state index contributed by atoms with van der Waals surface area (Å²) < 4.78 is 0. The van der Waals surface area contributed by atoms with E-state index in [1.54, 1.807) is 0 Å². The predicted octanol–water partition coefficient (Wildman–Crippen LogP) is 3.32. The zero-order valence-corrected chi connectivity index (χ0v) is 15.1. The monoisotopic (exact) mass is 330 g/mol. The zero-order valence-electron chi connectivity index (χ0n) is 14.3. The molecule has 1 amide bonds. The van der Waals surface area contributed by atoms with Gasteiger partial charge in [-0.25, -0.2) is 15.0 Å². The van der Waals surface area contributed by atoms with Crippen molar-refractivity contribution in [2.24, 2.45) is 0 Å². The van der Waals surface area contributed by atoms with E-state index in [4.69, 9.17) is 0 Å². The molecule has 3 heterocycles. The molecule has 0 radical (unpaired) electrons. The molecule has 2 aromatic heterocycles. The van der Waals surface area contributed by atoms with Crippen LogP contribution >= 0.6 is 11.3 Å². The Hall–Kier alpha value is -1.82. The summed E-state index contributed by atoms with van der Waals surface area (Å²) >= 11 is 1.47. The van der Waals surface area contributed by atoms with E-state index in [0.29, 0.717) is 0 Å². The van der Waals surface area contributed by atoms with E-state index in [1.165, 1.54) is 11.3 Å². The summed E-state index contributed by atoms with van der Waals surface area (Å²) in [5, 5.41) is 0.925. The largest absolute Gasteiger partial charge is 0.325 e. The van der Waals surface area contributed by atoms with Gasteiger partial charge in [0.15, 0.2) is 5.82 Å². The fraction of sp³-hybridized carbons (Fsp3) is 0.529. The van der Waals surface area contributed by atoms with Crippen molar-refractivity contribution in [2.45, 2.75) is 53.0 Å². The van der Waals surface area contributed by atoms with E-state index in [-0.39, 0.29) is 5.91 Å². The Bertz CT molecular complexity index is 750. The van der Waals surface area contributed by atoms with Crippen LogP contribution in [0.5, 0.6) is 0 Å². The van der Waals surface area contributed by atoms with Crippen LogP contribution in [0.25, 0.3) is 0 Å². The Morgan fingerprint density at radius 2 is 1.83 bits per heavy atom. The Kier molecular flexibility index (Phi) is 3.96. The Morgan fingerprint density at radius 1 is 1.17 bits per heavy atom. The first-order valence-corrected chi connectivity index (χ1v) is 8.71. The molecule has 1 fully saturated rings. The minimum absolute atomic E-state index is 0.0517. The second-order valence-electron chi connectivity index (χ2n) is 6.46. The maximum atomic E-state index is 13.1. The fourth-order valence-corrected chi connectivity index (χ4v) is 4.21. The van der Waals surface area contributed by atoms with Crippen LogP contribution in [-0.4, -0.2) is 32.3 Å². The second-order valence-corrected chi connectivity index (χ2v) is 7.66. The van der Waals surface area contributed by atoms with Crippen LogP contribution in [-0.2, 0) is 5.54 Å². The third kappa shape index (κ3) is 2.76. The molecule has 0 aliphatic carbocycles. The van der Waals surface area contributed by atoms with Gasteiger partial charge in [0.1, 0.15) is 10.4 Å². The Balaban J connectivity index is 2.02. The number of nitrogens with zero attached hydrogens (tertiary/aromatic N) is 4. The van der Waals surface area contributed by atoms with Crippen LogP contribution in [0, 0.1) is 27.7 Å². The molecule has 5 nitrogen and oxygen atoms in total. The summed E-state index contributed by atoms with van der Waals surface area (Å²) in [6.45, 7) is 10.6. The van der Waals surface area contributed by atoms with Crippen LogP contribution in [0.2, 0.25) is 0 Å². The molecule has 0 aromatic carbocycles. The van der Waals surface area contributed by atoms with Gasteiger partial charge in [-0.15, -0.1) is 11.3 Å². The molecule has 2 aromatic rings. The van der Waals surface area contributed by atoms with Crippen LogP contribution in [0.15, 0.2) is 6.07 Å². The number of aromatic nitrogens is 3. The summed E-state index contributed by atoms with van der Waals surface area (Å²) in [4.78, 5) is 29.4. The molecular formula is C17H22N4OS. The number of carbonyl (C=O) groups excluding carboxylic acids is 1. The normalized spacial score (nSPS) is 21.0. The van der Waals surface area contributed by atoms with E-state index in [9.17, 15) is 4.79 Å². The summed E-state index contributed by atoms with van der Waals surface area (Å²) in [6.07, 6.45) is 1.86. The topological polar surface area (TPSA) is 59.0 Å². The number of aryl methyl sites for hydroxylation is 4. The van der Waals surface area contributed by atoms with Crippen molar-refractivity contribution in [3.05, 3.63) is 38.9 Å². The van der Waals surface area contributed by atoms with Gasteiger partial charge in [0, 0.05) is 17.9 Å². The van der Waals surface area contributed by atoms with Crippen molar-refractivity contribution < 1.29 is 4.79 Å². The van der Waals surface area contributed by atoms with Crippen molar-refractivity contribution in [1.82, 2.24) is 19.9 Å². The Morgan fingerprint density at radius 3 is 2.39 bits per heavy atom. The zero-order chi connectivity index (χ0) is 16.8. The lowest BCUT2D eigenvalue weighted by atomic mass is 9.97. The van der Waals surface area contributed by atoms with Gasteiger partial charge in [-0.1, -0.05) is 0 Å². The van der Waals surface area contributed by atoms with Gasteiger partial charge >= 0.3 is 0 Å². The van der Waals surface area contributed by atoms with Gasteiger partial charge in [0.2, 0.25) is 0 Å². The van der Waals surface area contributed by atoms with E-state index in [1.807, 2.05) is 38.7 Å². The molecule has 1 aliphatic rings. The first-order valence-electron chi connectivity index (χ1n) is 7.90. The molecule has 1 aliphatic heterocycles. The third-order valence-electron chi connectivity index (χ3n) is 4.45. The molecule has 0 N–H and O–H groups in total. The number of carbonyl (C=O) groups is 1. The molecule has 122 valence electrons. The highest BCUT2D eigenvalue weighted by Crippen LogP contribution is 2.38. The standard InChI is InChI=1S/C17H22N4OS/c1-10-9-11(2)19-16(18-10)17(5)7-6-8-21(17)15(22)14-12(3)20-13(4)23-14/h9H,6-8H2,1-5H3/t17-/m1/s1. The average Bonchev–Trinajstić information content (AvgIpc) is 3.01. The molecule has 0 spiro atoms. The fourth-order valence-electron chi connectivity index (χ4n) is 3.34. The highest BCUT2D eigenvalue weighted by Gasteiger charge is 2.44. The van der Waals surface area contributed by atoms with E-state index < -0.39 is 5.54 Å². The van der Waals surface area contributed by atoms with Crippen molar-refractivity contribution in [1.29, 1.82) is 0 Å². The molecule has 1 saturated heterocycles. The SMILES string of the molecule is Cc1cc(C)nc([C@@]2(C)CCCN2C(=O)c2sc(C)nc2C)n1. The molecular weight excluding hydrogens is 308 g/mol. The van der Waals surface area contributed by atoms with Gasteiger partial charge in [-0.05, 0) is 53.5 Å². The van der Waals surface area contributed by atoms with Gasteiger partial charge in [-0.3, -0.25) is 4.79 Å². The molecule has 0 unspecified atom stereocenters. The minimum atomic E-state index is -0.446. The van der Waals surface area contributed by atoms with Crippen molar-refractivity contribution in [3.8, 4) is 0 Å². The summed E-state index contributed by atoms with van der Waals surface area (Å²) in [6, 6.07) is 1.96. The van der Waals surface area contributed by atoms with E-state index >= 15 is 0 Å². The van der Waals surface area contributed by atoms with E-state index in [2.05, 4.69) is 21.9 Å². The number of thiazole rings is 1. The lowest BCUT2D eigenvalue weighted by Gasteiger charge is -2.34.